The van der Waals surface area contributed by atoms with E-state index in [0.29, 0.717) is 0 Å². The number of aliphatic hydroxyl groups is 6. The Labute approximate surface area is 266 Å². The standard InChI is InChI=1S/C6H12O6.Ca.6H3O4P/c7-1-2(8)4(10)6(12)5(11)3(1)9;;6*1-5(2,3)4/h1-12H;;6*(H3,1,2,3,4)/t1-,2-,3-,4+,5-,6-;;;;;;;. The van der Waals surface area contributed by atoms with Crippen molar-refractivity contribution >= 4 is 84.7 Å². The molecule has 0 unspecified atom stereocenters. The van der Waals surface area contributed by atoms with Crippen LogP contribution in [0.3, 0.4) is 0 Å². The average Bonchev–Trinajstić information content (AvgIpc) is 2.55. The summed E-state index contributed by atoms with van der Waals surface area (Å²) in [6.07, 6.45) is -9.84. The predicted molar refractivity (Wildman–Crippen MR) is 127 cm³/mol. The first kappa shape index (κ1) is 60.0. The molecule has 266 valence electrons. The summed E-state index contributed by atoms with van der Waals surface area (Å²) in [4.78, 5) is 129. The molecule has 0 amide bonds. The van der Waals surface area contributed by atoms with Crippen molar-refractivity contribution in [2.75, 3.05) is 0 Å². The van der Waals surface area contributed by atoms with Crippen molar-refractivity contribution in [2.24, 2.45) is 0 Å². The SMILES string of the molecule is O=P(O)(O)O.O=P(O)(O)O.O=P(O)(O)O.O=P(O)(O)O.O=P(O)(O)O.O=P(O)(O)O.O[C@H]1[C@H](O)[C@@H](O)[C@H](O)[C@@H](O)[C@H]1O.[Ca]. The summed E-state index contributed by atoms with van der Waals surface area (Å²) in [6.45, 7) is 0. The second-order valence-electron chi connectivity index (χ2n) is 6.02. The van der Waals surface area contributed by atoms with Crippen LogP contribution >= 0.6 is 46.9 Å². The van der Waals surface area contributed by atoms with Crippen LogP contribution in [0.1, 0.15) is 0 Å². The molecule has 2 radical (unpaired) electrons. The monoisotopic (exact) mass is 808 g/mol. The van der Waals surface area contributed by atoms with E-state index >= 15 is 0 Å². The van der Waals surface area contributed by atoms with E-state index in [1.165, 1.54) is 0 Å². The fourth-order valence-electron chi connectivity index (χ4n) is 1.21. The Hall–Kier alpha value is 1.68. The molecule has 0 aromatic rings. The molecule has 0 heterocycles. The number of rotatable bonds is 0. The molecule has 1 rings (SSSR count). The van der Waals surface area contributed by atoms with E-state index in [-0.39, 0.29) is 37.7 Å². The van der Waals surface area contributed by atoms with Gasteiger partial charge >= 0.3 is 46.9 Å². The van der Waals surface area contributed by atoms with Crippen molar-refractivity contribution < 1.29 is 146 Å². The van der Waals surface area contributed by atoms with Crippen LogP contribution in [-0.2, 0) is 27.4 Å². The van der Waals surface area contributed by atoms with Crippen molar-refractivity contribution in [1.82, 2.24) is 0 Å². The molecule has 0 bridgehead atoms. The van der Waals surface area contributed by atoms with Gasteiger partial charge in [0.25, 0.3) is 0 Å². The molecule has 0 aromatic carbocycles. The van der Waals surface area contributed by atoms with Crippen LogP contribution in [0.15, 0.2) is 0 Å². The van der Waals surface area contributed by atoms with Gasteiger partial charge in [-0.15, -0.1) is 0 Å². The first-order valence-electron chi connectivity index (χ1n) is 8.24. The molecule has 0 aliphatic heterocycles. The van der Waals surface area contributed by atoms with Crippen molar-refractivity contribution in [2.45, 2.75) is 36.6 Å². The van der Waals surface area contributed by atoms with E-state index in [1.54, 1.807) is 0 Å². The smallest absolute Gasteiger partial charge is 0.387 e. The fraction of sp³-hybridized carbons (Fsp3) is 1.00. The number of phosphoric acid groups is 6. The summed E-state index contributed by atoms with van der Waals surface area (Å²) < 4.78 is 53.3. The topological polar surface area (TPSA) is 588 Å². The molecular weight excluding hydrogens is 778 g/mol. The molecule has 0 atom stereocenters. The van der Waals surface area contributed by atoms with E-state index in [2.05, 4.69) is 0 Å². The molecule has 1 aliphatic carbocycles. The minimum Gasteiger partial charge on any atom is -0.387 e. The zero-order valence-corrected chi connectivity index (χ0v) is 27.6. The van der Waals surface area contributed by atoms with E-state index in [1.807, 2.05) is 0 Å². The Morgan fingerprint density at radius 3 is 0.279 bits per heavy atom. The molecule has 1 aliphatic rings. The second-order valence-corrected chi connectivity index (χ2v) is 12.2. The summed E-state index contributed by atoms with van der Waals surface area (Å²) >= 11 is 0. The first-order chi connectivity index (χ1) is 17.5. The average molecular weight is 808 g/mol. The van der Waals surface area contributed by atoms with Gasteiger partial charge in [-0.2, -0.15) is 0 Å². The molecule has 37 heteroatoms. The first-order valence-corrected chi connectivity index (χ1v) is 17.6. The minimum absolute atomic E-state index is 0. The van der Waals surface area contributed by atoms with Crippen LogP contribution in [0.5, 0.6) is 0 Å². The Morgan fingerprint density at radius 2 is 0.256 bits per heavy atom. The number of hydrogen-bond donors (Lipinski definition) is 24. The van der Waals surface area contributed by atoms with Gasteiger partial charge in [-0.1, -0.05) is 0 Å². The van der Waals surface area contributed by atoms with Gasteiger partial charge in [0.05, 0.1) is 0 Å². The summed E-state index contributed by atoms with van der Waals surface area (Å²) in [6, 6.07) is 0. The van der Waals surface area contributed by atoms with Gasteiger partial charge in [0.1, 0.15) is 36.6 Å². The van der Waals surface area contributed by atoms with Gasteiger partial charge in [-0.25, -0.2) is 27.4 Å². The van der Waals surface area contributed by atoms with Crippen molar-refractivity contribution in [3.8, 4) is 0 Å². The van der Waals surface area contributed by atoms with Crippen molar-refractivity contribution in [3.05, 3.63) is 0 Å². The number of aliphatic hydroxyl groups excluding tert-OH is 6. The quantitative estimate of drug-likeness (QED) is 0.0798. The molecule has 1 fully saturated rings. The third-order valence-electron chi connectivity index (χ3n) is 2.10. The molecule has 0 spiro atoms. The molecule has 0 aromatic heterocycles. The maximum Gasteiger partial charge on any atom is 0.466 e. The van der Waals surface area contributed by atoms with Gasteiger partial charge in [0, 0.05) is 37.7 Å². The van der Waals surface area contributed by atoms with Crippen LogP contribution in [-0.4, -0.2) is 193 Å². The Kier molecular flexibility index (Phi) is 35.8. The summed E-state index contributed by atoms with van der Waals surface area (Å²) in [5, 5.41) is 53.8. The molecule has 0 saturated heterocycles. The van der Waals surface area contributed by atoms with Crippen LogP contribution in [0.25, 0.3) is 0 Å². The predicted octanol–water partition coefficient (Wildman–Crippen LogP) is -9.79. The molecule has 1 saturated carbocycles. The van der Waals surface area contributed by atoms with Gasteiger partial charge in [-0.3, -0.25) is 0 Å². The van der Waals surface area contributed by atoms with Gasteiger partial charge in [-0.05, 0) is 0 Å². The largest absolute Gasteiger partial charge is 0.466 e. The number of hydrogen-bond acceptors (Lipinski definition) is 12. The summed E-state index contributed by atoms with van der Waals surface area (Å²) in [5.74, 6) is 0. The Morgan fingerprint density at radius 1 is 0.233 bits per heavy atom. The van der Waals surface area contributed by atoms with Crippen LogP contribution in [0.2, 0.25) is 0 Å². The van der Waals surface area contributed by atoms with E-state index in [4.69, 9.17) is 146 Å². The summed E-state index contributed by atoms with van der Waals surface area (Å²) in [5.41, 5.74) is 0. The van der Waals surface area contributed by atoms with Crippen LogP contribution in [0.4, 0.5) is 0 Å². The van der Waals surface area contributed by atoms with Crippen LogP contribution in [0, 0.1) is 0 Å². The Bertz CT molecular complexity index is 700. The second kappa shape index (κ2) is 25.7. The molecular formula is C6H30CaO30P6. The van der Waals surface area contributed by atoms with Gasteiger partial charge < -0.3 is 119 Å². The van der Waals surface area contributed by atoms with Crippen molar-refractivity contribution in [3.63, 3.8) is 0 Å². The summed E-state index contributed by atoms with van der Waals surface area (Å²) in [7, 11) is -27.8. The minimum atomic E-state index is -4.64. The maximum atomic E-state index is 8.97. The zero-order chi connectivity index (χ0) is 36.5. The Balaban J connectivity index is -0.0000000733. The molecule has 43 heavy (non-hydrogen) atoms. The third-order valence-corrected chi connectivity index (χ3v) is 2.10. The third kappa shape index (κ3) is 115. The normalized spacial score (nSPS) is 23.7. The van der Waals surface area contributed by atoms with Crippen molar-refractivity contribution in [1.29, 1.82) is 0 Å². The van der Waals surface area contributed by atoms with Gasteiger partial charge in [0.2, 0.25) is 0 Å². The maximum absolute atomic E-state index is 8.97. The molecule has 30 nitrogen and oxygen atoms in total. The van der Waals surface area contributed by atoms with E-state index in [0.717, 1.165) is 0 Å². The van der Waals surface area contributed by atoms with E-state index < -0.39 is 83.6 Å². The molecule has 24 N–H and O–H groups in total. The fourth-order valence-corrected chi connectivity index (χ4v) is 1.21. The van der Waals surface area contributed by atoms with E-state index in [9.17, 15) is 0 Å². The van der Waals surface area contributed by atoms with Gasteiger partial charge in [0.15, 0.2) is 0 Å². The zero-order valence-electron chi connectivity index (χ0n) is 20.0. The van der Waals surface area contributed by atoms with Crippen LogP contribution < -0.4 is 0 Å².